The van der Waals surface area contributed by atoms with Gasteiger partial charge in [0.05, 0.1) is 19.6 Å². The van der Waals surface area contributed by atoms with Gasteiger partial charge in [0.15, 0.2) is 0 Å². The normalized spacial score (nSPS) is 15.4. The maximum atomic E-state index is 12.2. The van der Waals surface area contributed by atoms with Crippen LogP contribution in [0.5, 0.6) is 0 Å². The van der Waals surface area contributed by atoms with Gasteiger partial charge in [-0.2, -0.15) is 0 Å². The van der Waals surface area contributed by atoms with Gasteiger partial charge in [0, 0.05) is 7.11 Å². The highest BCUT2D eigenvalue weighted by atomic mass is 33.1. The van der Waals surface area contributed by atoms with Crippen LogP contribution < -0.4 is 0 Å². The fourth-order valence-corrected chi connectivity index (χ4v) is 6.17. The summed E-state index contributed by atoms with van der Waals surface area (Å²) >= 11 is 1.83. The van der Waals surface area contributed by atoms with E-state index in [9.17, 15) is 14.2 Å². The number of ether oxygens (including phenoxy) is 2. The van der Waals surface area contributed by atoms with Crippen molar-refractivity contribution < 1.29 is 28.2 Å². The first-order chi connectivity index (χ1) is 8.92. The molecule has 0 aromatic carbocycles. The minimum atomic E-state index is -3.07. The van der Waals surface area contributed by atoms with Gasteiger partial charge in [-0.05, 0) is 31.5 Å². The maximum absolute atomic E-state index is 12.2. The summed E-state index contributed by atoms with van der Waals surface area (Å²) in [5, 5.41) is -0.891. The van der Waals surface area contributed by atoms with Gasteiger partial charge in [-0.1, -0.05) is 11.4 Å². The molecule has 9 heteroatoms. The Labute approximate surface area is 121 Å². The Bertz CT molecular complexity index is 341. The van der Waals surface area contributed by atoms with Crippen LogP contribution in [0.15, 0.2) is 0 Å². The fourth-order valence-electron chi connectivity index (χ4n) is 1.09. The Morgan fingerprint density at radius 2 is 1.79 bits per heavy atom. The number of carbonyl (C=O) groups is 2. The maximum Gasteiger partial charge on any atom is 0.320 e. The van der Waals surface area contributed by atoms with E-state index in [1.165, 1.54) is 7.11 Å². The lowest BCUT2D eigenvalue weighted by Crippen LogP contribution is -2.24. The van der Waals surface area contributed by atoms with Crippen molar-refractivity contribution in [2.24, 2.45) is 0 Å². The Hall–Kier alpha value is -0.170. The van der Waals surface area contributed by atoms with E-state index in [1.807, 2.05) is 0 Å². The summed E-state index contributed by atoms with van der Waals surface area (Å²) in [6.45, 7) is 3.75. The number of hydrogen-bond acceptors (Lipinski definition) is 8. The minimum Gasteiger partial charge on any atom is -0.466 e. The highest BCUT2D eigenvalue weighted by Crippen LogP contribution is 2.70. The molecule has 0 unspecified atom stereocenters. The molecule has 6 nitrogen and oxygen atoms in total. The summed E-state index contributed by atoms with van der Waals surface area (Å²) in [7, 11) is 1.30. The lowest BCUT2D eigenvalue weighted by Gasteiger charge is -2.18. The molecule has 0 saturated heterocycles. The van der Waals surface area contributed by atoms with Crippen LogP contribution in [-0.4, -0.2) is 43.8 Å². The van der Waals surface area contributed by atoms with E-state index in [0.717, 1.165) is 22.8 Å². The second kappa shape index (κ2) is 9.69. The molecule has 0 amide bonds. The molecule has 2 atom stereocenters. The second-order valence-electron chi connectivity index (χ2n) is 3.17. The molecule has 0 aliphatic carbocycles. The molecule has 0 bridgehead atoms. The van der Waals surface area contributed by atoms with Crippen molar-refractivity contribution in [3.05, 3.63) is 0 Å². The fraction of sp³-hybridized carbons (Fsp3) is 0.800. The smallest absolute Gasteiger partial charge is 0.320 e. The molecule has 0 heterocycles. The van der Waals surface area contributed by atoms with Gasteiger partial charge >= 0.3 is 17.7 Å². The van der Waals surface area contributed by atoms with Crippen molar-refractivity contribution >= 4 is 40.5 Å². The van der Waals surface area contributed by atoms with E-state index >= 15 is 0 Å². The highest BCUT2D eigenvalue weighted by molar-refractivity contribution is 8.89. The Balaban J connectivity index is 4.81. The van der Waals surface area contributed by atoms with Crippen LogP contribution in [-0.2, 0) is 28.2 Å². The third kappa shape index (κ3) is 7.25. The predicted molar refractivity (Wildman–Crippen MR) is 77.4 cm³/mol. The first-order valence-electron chi connectivity index (χ1n) is 5.64. The topological polar surface area (TPSA) is 78.9 Å². The Kier molecular flexibility index (Phi) is 9.60. The molecule has 0 aliphatic heterocycles. The van der Waals surface area contributed by atoms with Gasteiger partial charge in [0.2, 0.25) is 0 Å². The van der Waals surface area contributed by atoms with Crippen LogP contribution >= 0.6 is 28.5 Å². The molecule has 0 aromatic rings. The molecule has 112 valence electrons. The lowest BCUT2D eigenvalue weighted by atomic mass is 10.3. The van der Waals surface area contributed by atoms with Gasteiger partial charge in [-0.15, -0.1) is 0 Å². The van der Waals surface area contributed by atoms with Crippen molar-refractivity contribution in [1.29, 1.82) is 0 Å². The van der Waals surface area contributed by atoms with E-state index in [-0.39, 0.29) is 19.6 Å². The monoisotopic (exact) mass is 330 g/mol. The average Bonchev–Trinajstić information content (AvgIpc) is 2.38. The number of rotatable bonds is 9. The summed E-state index contributed by atoms with van der Waals surface area (Å²) in [5.41, 5.74) is 0. The van der Waals surface area contributed by atoms with E-state index < -0.39 is 23.0 Å². The van der Waals surface area contributed by atoms with Crippen molar-refractivity contribution in [2.45, 2.75) is 25.5 Å². The van der Waals surface area contributed by atoms with Crippen LogP contribution in [0, 0.1) is 0 Å². The van der Waals surface area contributed by atoms with E-state index in [2.05, 4.69) is 0 Å². The number of carbonyl (C=O) groups excluding carboxylic acids is 2. The van der Waals surface area contributed by atoms with E-state index in [0.29, 0.717) is 0 Å². The quantitative estimate of drug-likeness (QED) is 0.472. The van der Waals surface area contributed by atoms with E-state index in [4.69, 9.17) is 14.0 Å². The molecule has 19 heavy (non-hydrogen) atoms. The molecule has 0 aliphatic rings. The van der Waals surface area contributed by atoms with Gasteiger partial charge in [0.1, 0.15) is 5.25 Å². The minimum absolute atomic E-state index is 0.189. The van der Waals surface area contributed by atoms with Crippen LogP contribution in [0.25, 0.3) is 0 Å². The first-order valence-corrected chi connectivity index (χ1v) is 10.6. The number of hydrogen-bond donors (Lipinski definition) is 0. The second-order valence-corrected chi connectivity index (χ2v) is 10.9. The van der Waals surface area contributed by atoms with Crippen molar-refractivity contribution in [3.8, 4) is 0 Å². The summed E-state index contributed by atoms with van der Waals surface area (Å²) in [4.78, 5) is 23.2. The van der Waals surface area contributed by atoms with Crippen molar-refractivity contribution in [2.75, 3.05) is 26.6 Å². The molecule has 0 radical (unpaired) electrons. The number of esters is 2. The molecular weight excluding hydrogens is 311 g/mol. The molecule has 0 rings (SSSR count). The van der Waals surface area contributed by atoms with Crippen LogP contribution in [0.4, 0.5) is 0 Å². The third-order valence-electron chi connectivity index (χ3n) is 1.91. The Morgan fingerprint density at radius 3 is 2.21 bits per heavy atom. The molecule has 0 spiro atoms. The SMILES string of the molecule is CCOC(=O)C[C@H](S[P@](=O)(OC)SC)C(=O)OCC. The summed E-state index contributed by atoms with van der Waals surface area (Å²) in [6, 6.07) is 0. The summed E-state index contributed by atoms with van der Waals surface area (Å²) < 4.78 is 26.7. The average molecular weight is 330 g/mol. The van der Waals surface area contributed by atoms with Gasteiger partial charge in [-0.25, -0.2) is 0 Å². The van der Waals surface area contributed by atoms with Crippen LogP contribution in [0.2, 0.25) is 0 Å². The largest absolute Gasteiger partial charge is 0.466 e. The molecule has 0 aromatic heterocycles. The molecule has 0 fully saturated rings. The highest BCUT2D eigenvalue weighted by Gasteiger charge is 2.34. The zero-order valence-electron chi connectivity index (χ0n) is 11.4. The molecule has 0 N–H and O–H groups in total. The predicted octanol–water partition coefficient (Wildman–Crippen LogP) is 2.72. The van der Waals surface area contributed by atoms with Gasteiger partial charge in [-0.3, -0.25) is 14.2 Å². The van der Waals surface area contributed by atoms with E-state index in [1.54, 1.807) is 20.1 Å². The van der Waals surface area contributed by atoms with Gasteiger partial charge in [0.25, 0.3) is 0 Å². The first kappa shape index (κ1) is 18.8. The van der Waals surface area contributed by atoms with Crippen molar-refractivity contribution in [3.63, 3.8) is 0 Å². The summed E-state index contributed by atoms with van der Waals surface area (Å²) in [6.07, 6.45) is 1.43. The lowest BCUT2D eigenvalue weighted by molar-refractivity contribution is -0.149. The molecular formula is C10H19O6PS2. The van der Waals surface area contributed by atoms with Crippen molar-refractivity contribution in [1.82, 2.24) is 0 Å². The van der Waals surface area contributed by atoms with Gasteiger partial charge < -0.3 is 14.0 Å². The zero-order chi connectivity index (χ0) is 14.9. The summed E-state index contributed by atoms with van der Waals surface area (Å²) in [5.74, 6) is -4.19. The molecule has 0 saturated carbocycles. The van der Waals surface area contributed by atoms with Crippen LogP contribution in [0.1, 0.15) is 20.3 Å². The third-order valence-corrected chi connectivity index (χ3v) is 9.57. The van der Waals surface area contributed by atoms with Crippen LogP contribution in [0.3, 0.4) is 0 Å². The zero-order valence-corrected chi connectivity index (χ0v) is 13.9. The Morgan fingerprint density at radius 1 is 1.21 bits per heavy atom. The standard InChI is InChI=1S/C10H19O6PS2/c1-5-15-9(11)7-8(10(12)16-6-2)19-17(13,14-3)18-4/h8H,5-7H2,1-4H3/t8-,17+/m0/s1.